The number of nitrogens with zero attached hydrogens (tertiary/aromatic N) is 2. The van der Waals surface area contributed by atoms with Crippen molar-refractivity contribution in [3.8, 4) is 6.07 Å². The van der Waals surface area contributed by atoms with Gasteiger partial charge in [0.05, 0.1) is 17.9 Å². The lowest BCUT2D eigenvalue weighted by Crippen LogP contribution is -2.44. The lowest BCUT2D eigenvalue weighted by atomic mass is 9.70. The smallest absolute Gasteiger partial charge is 0.310 e. The van der Waals surface area contributed by atoms with E-state index in [0.29, 0.717) is 6.42 Å². The first-order chi connectivity index (χ1) is 16.5. The summed E-state index contributed by atoms with van der Waals surface area (Å²) in [5.41, 5.74) is 3.77. The maximum atomic E-state index is 11.7. The van der Waals surface area contributed by atoms with Gasteiger partial charge >= 0.3 is 5.97 Å². The van der Waals surface area contributed by atoms with Gasteiger partial charge in [0.15, 0.2) is 0 Å². The Balaban J connectivity index is 1.23. The van der Waals surface area contributed by atoms with E-state index in [1.807, 2.05) is 0 Å². The lowest BCUT2D eigenvalue weighted by molar-refractivity contribution is -0.144. The molecule has 0 bridgehead atoms. The molecule has 3 aliphatic rings. The second-order valence-electron chi connectivity index (χ2n) is 11.2. The Bertz CT molecular complexity index is 1030. The van der Waals surface area contributed by atoms with Gasteiger partial charge in [-0.25, -0.2) is 0 Å². The third-order valence-electron chi connectivity index (χ3n) is 8.83. The van der Waals surface area contributed by atoms with Crippen LogP contribution in [0.25, 0.3) is 0 Å². The zero-order valence-electron chi connectivity index (χ0n) is 20.1. The third-order valence-corrected chi connectivity index (χ3v) is 8.83. The van der Waals surface area contributed by atoms with E-state index < -0.39 is 11.4 Å². The molecule has 0 amide bonds. The second-order valence-corrected chi connectivity index (χ2v) is 11.2. The number of likely N-dealkylation sites (tertiary alicyclic amines) is 1. The number of carbonyl (C=O) groups is 1. The summed E-state index contributed by atoms with van der Waals surface area (Å²) in [6, 6.07) is 21.8. The van der Waals surface area contributed by atoms with Crippen molar-refractivity contribution < 1.29 is 9.90 Å². The van der Waals surface area contributed by atoms with Crippen LogP contribution in [0.15, 0.2) is 54.6 Å². The standard InChI is InChI=1S/C30H36N2O2/c31-17-11-23-6-8-24(9-7-23)21-29(12-10-26-20-27(26)25-4-2-1-3-5-25)15-18-32(19-16-29)22-30(13-14-30)28(33)34/h1-9,26-27H,10-16,18-22H2,(H,33,34)/t26-,27?/m1/s1. The van der Waals surface area contributed by atoms with Crippen molar-refractivity contribution in [1.29, 1.82) is 5.26 Å². The molecule has 1 N–H and O–H groups in total. The summed E-state index contributed by atoms with van der Waals surface area (Å²) in [7, 11) is 0. The average Bonchev–Trinajstić information content (AvgIpc) is 3.78. The summed E-state index contributed by atoms with van der Waals surface area (Å²) in [6.45, 7) is 2.74. The van der Waals surface area contributed by atoms with Crippen molar-refractivity contribution in [2.75, 3.05) is 19.6 Å². The van der Waals surface area contributed by atoms with Crippen LogP contribution in [0.3, 0.4) is 0 Å². The molecule has 2 saturated carbocycles. The molecule has 0 aromatic heterocycles. The highest BCUT2D eigenvalue weighted by Crippen LogP contribution is 2.53. The molecule has 2 aliphatic carbocycles. The fraction of sp³-hybridized carbons (Fsp3) is 0.533. The van der Waals surface area contributed by atoms with Crippen LogP contribution >= 0.6 is 0 Å². The van der Waals surface area contributed by atoms with Crippen molar-refractivity contribution in [3.63, 3.8) is 0 Å². The van der Waals surface area contributed by atoms with Crippen LogP contribution in [0.2, 0.25) is 0 Å². The molecule has 2 atom stereocenters. The Labute approximate surface area is 203 Å². The fourth-order valence-corrected chi connectivity index (χ4v) is 6.19. The van der Waals surface area contributed by atoms with Gasteiger partial charge in [-0.1, -0.05) is 54.6 Å². The number of hydrogen-bond donors (Lipinski definition) is 1. The van der Waals surface area contributed by atoms with Crippen molar-refractivity contribution in [2.45, 2.75) is 63.7 Å². The summed E-state index contributed by atoms with van der Waals surface area (Å²) in [6.07, 6.45) is 9.36. The number of rotatable bonds is 10. The van der Waals surface area contributed by atoms with Crippen molar-refractivity contribution in [3.05, 3.63) is 71.3 Å². The molecule has 4 heteroatoms. The number of carboxylic acid groups (broad SMARTS) is 1. The summed E-state index contributed by atoms with van der Waals surface area (Å²) in [5.74, 6) is 0.924. The Kier molecular flexibility index (Phi) is 6.49. The number of aliphatic carboxylic acids is 1. The molecule has 1 aliphatic heterocycles. The van der Waals surface area contributed by atoms with Crippen molar-refractivity contribution in [1.82, 2.24) is 4.90 Å². The van der Waals surface area contributed by atoms with Crippen LogP contribution in [0.4, 0.5) is 0 Å². The molecule has 3 fully saturated rings. The molecule has 34 heavy (non-hydrogen) atoms. The van der Waals surface area contributed by atoms with E-state index in [4.69, 9.17) is 5.26 Å². The highest BCUT2D eigenvalue weighted by atomic mass is 16.4. The molecule has 2 aromatic carbocycles. The third kappa shape index (κ3) is 5.20. The number of hydrogen-bond acceptors (Lipinski definition) is 3. The van der Waals surface area contributed by atoms with Crippen molar-refractivity contribution in [2.24, 2.45) is 16.7 Å². The maximum Gasteiger partial charge on any atom is 0.310 e. The molecule has 1 heterocycles. The second kappa shape index (κ2) is 9.55. The Morgan fingerprint density at radius 2 is 1.68 bits per heavy atom. The first-order valence-electron chi connectivity index (χ1n) is 13.0. The normalized spacial score (nSPS) is 24.8. The van der Waals surface area contributed by atoms with Gasteiger partial charge in [-0.05, 0) is 98.4 Å². The summed E-state index contributed by atoms with van der Waals surface area (Å²) >= 11 is 0. The number of piperidine rings is 1. The molecule has 0 radical (unpaired) electrons. The Hall–Kier alpha value is -2.64. The largest absolute Gasteiger partial charge is 0.481 e. The van der Waals surface area contributed by atoms with Gasteiger partial charge in [0.25, 0.3) is 0 Å². The molecule has 4 nitrogen and oxygen atoms in total. The van der Waals surface area contributed by atoms with Gasteiger partial charge in [-0.2, -0.15) is 5.26 Å². The minimum Gasteiger partial charge on any atom is -0.481 e. The van der Waals surface area contributed by atoms with E-state index in [2.05, 4.69) is 65.6 Å². The summed E-state index contributed by atoms with van der Waals surface area (Å²) in [4.78, 5) is 14.1. The Morgan fingerprint density at radius 3 is 2.29 bits per heavy atom. The minimum atomic E-state index is -0.609. The van der Waals surface area contributed by atoms with Crippen LogP contribution in [0, 0.1) is 28.1 Å². The first-order valence-corrected chi connectivity index (χ1v) is 13.0. The zero-order chi connectivity index (χ0) is 23.6. The van der Waals surface area contributed by atoms with Gasteiger partial charge in [-0.3, -0.25) is 4.79 Å². The van der Waals surface area contributed by atoms with Crippen LogP contribution < -0.4 is 0 Å². The van der Waals surface area contributed by atoms with E-state index in [1.165, 1.54) is 30.4 Å². The molecular weight excluding hydrogens is 420 g/mol. The predicted octanol–water partition coefficient (Wildman–Crippen LogP) is 5.83. The monoisotopic (exact) mass is 456 g/mol. The SMILES string of the molecule is N#CCc1ccc(CC2(CC[C@@H]3CC3c3ccccc3)CCN(CC3(C(=O)O)CC3)CC2)cc1. The predicted molar refractivity (Wildman–Crippen MR) is 133 cm³/mol. The molecular formula is C30H36N2O2. The molecule has 2 aromatic rings. The van der Waals surface area contributed by atoms with Crippen LogP contribution in [-0.4, -0.2) is 35.6 Å². The van der Waals surface area contributed by atoms with Gasteiger partial charge in [0.2, 0.25) is 0 Å². The zero-order valence-corrected chi connectivity index (χ0v) is 20.1. The number of nitriles is 1. The van der Waals surface area contributed by atoms with Gasteiger partial charge < -0.3 is 10.0 Å². The molecule has 1 unspecified atom stereocenters. The van der Waals surface area contributed by atoms with Gasteiger partial charge in [-0.15, -0.1) is 0 Å². The van der Waals surface area contributed by atoms with E-state index >= 15 is 0 Å². The lowest BCUT2D eigenvalue weighted by Gasteiger charge is -2.43. The summed E-state index contributed by atoms with van der Waals surface area (Å²) in [5, 5.41) is 18.6. The highest BCUT2D eigenvalue weighted by molar-refractivity contribution is 5.78. The van der Waals surface area contributed by atoms with E-state index in [0.717, 1.165) is 69.1 Å². The maximum absolute atomic E-state index is 11.7. The van der Waals surface area contributed by atoms with Crippen molar-refractivity contribution >= 4 is 5.97 Å². The minimum absolute atomic E-state index is 0.289. The van der Waals surface area contributed by atoms with Crippen LogP contribution in [-0.2, 0) is 17.6 Å². The van der Waals surface area contributed by atoms with Crippen LogP contribution in [0.5, 0.6) is 0 Å². The van der Waals surface area contributed by atoms with Gasteiger partial charge in [0, 0.05) is 6.54 Å². The van der Waals surface area contributed by atoms with E-state index in [-0.39, 0.29) is 5.41 Å². The summed E-state index contributed by atoms with van der Waals surface area (Å²) < 4.78 is 0. The van der Waals surface area contributed by atoms with E-state index in [9.17, 15) is 9.90 Å². The Morgan fingerprint density at radius 1 is 1.00 bits per heavy atom. The molecule has 5 rings (SSSR count). The first kappa shape index (κ1) is 23.1. The number of benzene rings is 2. The molecule has 1 saturated heterocycles. The quantitative estimate of drug-likeness (QED) is 0.489. The fourth-order valence-electron chi connectivity index (χ4n) is 6.19. The topological polar surface area (TPSA) is 64.3 Å². The van der Waals surface area contributed by atoms with Gasteiger partial charge in [0.1, 0.15) is 0 Å². The number of carboxylic acids is 1. The van der Waals surface area contributed by atoms with Crippen LogP contribution in [0.1, 0.15) is 67.6 Å². The molecule has 0 spiro atoms. The highest BCUT2D eigenvalue weighted by Gasteiger charge is 2.52. The van der Waals surface area contributed by atoms with E-state index in [1.54, 1.807) is 0 Å². The average molecular weight is 457 g/mol. The molecule has 178 valence electrons.